The van der Waals surface area contributed by atoms with Crippen molar-refractivity contribution in [2.24, 2.45) is 0 Å². The van der Waals surface area contributed by atoms with Crippen molar-refractivity contribution in [1.82, 2.24) is 9.80 Å². The Morgan fingerprint density at radius 1 is 1.09 bits per heavy atom. The van der Waals surface area contributed by atoms with Crippen molar-refractivity contribution in [3.05, 3.63) is 35.4 Å². The minimum atomic E-state index is 0.217. The number of piperidine rings is 1. The zero-order chi connectivity index (χ0) is 16.1. The summed E-state index contributed by atoms with van der Waals surface area (Å²) in [6.45, 7) is 6.42. The van der Waals surface area contributed by atoms with Crippen LogP contribution in [0.1, 0.15) is 41.6 Å². The van der Waals surface area contributed by atoms with Gasteiger partial charge in [0, 0.05) is 24.4 Å². The van der Waals surface area contributed by atoms with Crippen LogP contribution in [0.25, 0.3) is 0 Å². The maximum Gasteiger partial charge on any atom is 0.254 e. The highest BCUT2D eigenvalue weighted by Gasteiger charge is 2.28. The van der Waals surface area contributed by atoms with Gasteiger partial charge in [-0.2, -0.15) is 11.8 Å². The molecule has 1 unspecified atom stereocenters. The molecule has 0 bridgehead atoms. The van der Waals surface area contributed by atoms with Crippen LogP contribution in [0.4, 0.5) is 0 Å². The number of carbonyl (C=O) groups excluding carboxylic acids is 1. The van der Waals surface area contributed by atoms with Crippen LogP contribution in [0.5, 0.6) is 0 Å². The zero-order valence-corrected chi connectivity index (χ0v) is 15.0. The molecule has 0 saturated carbocycles. The lowest BCUT2D eigenvalue weighted by atomic mass is 10.1. The summed E-state index contributed by atoms with van der Waals surface area (Å²) in [7, 11) is 0. The molecular weight excluding hydrogens is 304 g/mol. The van der Waals surface area contributed by atoms with E-state index in [0.717, 1.165) is 30.8 Å². The molecule has 0 spiro atoms. The highest BCUT2D eigenvalue weighted by atomic mass is 32.2. The third kappa shape index (κ3) is 4.51. The Labute approximate surface area is 144 Å². The second-order valence-electron chi connectivity index (χ2n) is 6.81. The summed E-state index contributed by atoms with van der Waals surface area (Å²) in [5.41, 5.74) is 2.05. The number of likely N-dealkylation sites (tertiary alicyclic amines) is 1. The molecule has 2 aliphatic heterocycles. The van der Waals surface area contributed by atoms with Gasteiger partial charge < -0.3 is 9.80 Å². The van der Waals surface area contributed by atoms with Gasteiger partial charge in [-0.25, -0.2) is 0 Å². The van der Waals surface area contributed by atoms with Crippen molar-refractivity contribution in [2.75, 3.05) is 37.7 Å². The Morgan fingerprint density at radius 2 is 1.83 bits per heavy atom. The second kappa shape index (κ2) is 8.20. The van der Waals surface area contributed by atoms with E-state index in [0.29, 0.717) is 6.04 Å². The summed E-state index contributed by atoms with van der Waals surface area (Å²) in [5.74, 6) is 2.47. The lowest BCUT2D eigenvalue weighted by Gasteiger charge is -2.35. The van der Waals surface area contributed by atoms with Crippen molar-refractivity contribution < 1.29 is 4.79 Å². The van der Waals surface area contributed by atoms with Crippen LogP contribution in [-0.2, 0) is 0 Å². The average Bonchev–Trinajstić information content (AvgIpc) is 2.81. The lowest BCUT2D eigenvalue weighted by Crippen LogP contribution is -2.49. The van der Waals surface area contributed by atoms with Crippen molar-refractivity contribution in [1.29, 1.82) is 0 Å². The molecule has 0 aliphatic carbocycles. The van der Waals surface area contributed by atoms with Gasteiger partial charge in [0.2, 0.25) is 0 Å². The molecule has 1 atom stereocenters. The minimum Gasteiger partial charge on any atom is -0.334 e. The summed E-state index contributed by atoms with van der Waals surface area (Å²) in [5, 5.41) is 0. The van der Waals surface area contributed by atoms with Crippen LogP contribution < -0.4 is 0 Å². The number of aryl methyl sites for hydroxylation is 1. The molecule has 2 aliphatic rings. The van der Waals surface area contributed by atoms with E-state index in [1.54, 1.807) is 0 Å². The predicted molar refractivity (Wildman–Crippen MR) is 98.2 cm³/mol. The molecule has 0 N–H and O–H groups in total. The first-order chi connectivity index (χ1) is 11.2. The molecular formula is C19H28N2OS. The molecule has 0 radical (unpaired) electrons. The van der Waals surface area contributed by atoms with Gasteiger partial charge in [0.25, 0.3) is 5.91 Å². The SMILES string of the molecule is Cc1ccc(C(=O)N2CCCSCC2CN2CCCCC2)cc1. The third-order valence-corrected chi connectivity index (χ3v) is 6.11. The molecule has 23 heavy (non-hydrogen) atoms. The van der Waals surface area contributed by atoms with E-state index in [2.05, 4.69) is 16.7 Å². The number of hydrogen-bond acceptors (Lipinski definition) is 3. The summed E-state index contributed by atoms with van der Waals surface area (Å²) in [4.78, 5) is 17.7. The van der Waals surface area contributed by atoms with Gasteiger partial charge >= 0.3 is 0 Å². The number of benzene rings is 1. The van der Waals surface area contributed by atoms with Crippen LogP contribution in [0.15, 0.2) is 24.3 Å². The van der Waals surface area contributed by atoms with Crippen molar-refractivity contribution in [3.8, 4) is 0 Å². The van der Waals surface area contributed by atoms with E-state index in [1.165, 1.54) is 43.7 Å². The monoisotopic (exact) mass is 332 g/mol. The van der Waals surface area contributed by atoms with Crippen LogP contribution in [0.2, 0.25) is 0 Å². The van der Waals surface area contributed by atoms with Gasteiger partial charge in [0.1, 0.15) is 0 Å². The molecule has 4 heteroatoms. The maximum atomic E-state index is 13.0. The number of hydrogen-bond donors (Lipinski definition) is 0. The summed E-state index contributed by atoms with van der Waals surface area (Å²) < 4.78 is 0. The first-order valence-corrected chi connectivity index (χ1v) is 10.1. The van der Waals surface area contributed by atoms with E-state index < -0.39 is 0 Å². The predicted octanol–water partition coefficient (Wildman–Crippen LogP) is 3.43. The van der Waals surface area contributed by atoms with Gasteiger partial charge in [-0.1, -0.05) is 24.1 Å². The second-order valence-corrected chi connectivity index (χ2v) is 7.96. The Bertz CT molecular complexity index is 511. The number of thioether (sulfide) groups is 1. The van der Waals surface area contributed by atoms with E-state index in [1.807, 2.05) is 36.0 Å². The van der Waals surface area contributed by atoms with Crippen LogP contribution in [-0.4, -0.2) is 59.4 Å². The number of rotatable bonds is 3. The van der Waals surface area contributed by atoms with Gasteiger partial charge in [-0.3, -0.25) is 4.79 Å². The van der Waals surface area contributed by atoms with E-state index >= 15 is 0 Å². The van der Waals surface area contributed by atoms with Gasteiger partial charge in [0.15, 0.2) is 0 Å². The molecule has 1 amide bonds. The standard InChI is InChI=1S/C19H28N2OS/c1-16-6-8-17(9-7-16)19(22)21-12-5-13-23-15-18(21)14-20-10-3-2-4-11-20/h6-9,18H,2-5,10-15H2,1H3. The Hall–Kier alpha value is -1.00. The van der Waals surface area contributed by atoms with Crippen LogP contribution >= 0.6 is 11.8 Å². The molecule has 3 rings (SSSR count). The van der Waals surface area contributed by atoms with Crippen LogP contribution in [0.3, 0.4) is 0 Å². The van der Waals surface area contributed by atoms with Gasteiger partial charge in [0.05, 0.1) is 6.04 Å². The molecule has 1 aromatic rings. The highest BCUT2D eigenvalue weighted by Crippen LogP contribution is 2.21. The fourth-order valence-electron chi connectivity index (χ4n) is 3.55. The fraction of sp³-hybridized carbons (Fsp3) is 0.632. The molecule has 2 fully saturated rings. The number of carbonyl (C=O) groups is 1. The molecule has 2 saturated heterocycles. The quantitative estimate of drug-likeness (QED) is 0.847. The normalized spacial score (nSPS) is 23.5. The molecule has 2 heterocycles. The summed E-state index contributed by atoms with van der Waals surface area (Å²) >= 11 is 2.01. The van der Waals surface area contributed by atoms with Crippen molar-refractivity contribution >= 4 is 17.7 Å². The highest BCUT2D eigenvalue weighted by molar-refractivity contribution is 7.99. The number of nitrogens with zero attached hydrogens (tertiary/aromatic N) is 2. The molecule has 1 aromatic carbocycles. The summed E-state index contributed by atoms with van der Waals surface area (Å²) in [6, 6.07) is 8.40. The molecule has 126 valence electrons. The fourth-order valence-corrected chi connectivity index (χ4v) is 4.61. The average molecular weight is 333 g/mol. The molecule has 3 nitrogen and oxygen atoms in total. The van der Waals surface area contributed by atoms with E-state index in [-0.39, 0.29) is 5.91 Å². The largest absolute Gasteiger partial charge is 0.334 e. The first-order valence-electron chi connectivity index (χ1n) is 8.92. The first kappa shape index (κ1) is 16.8. The van der Waals surface area contributed by atoms with E-state index in [9.17, 15) is 4.79 Å². The van der Waals surface area contributed by atoms with Crippen molar-refractivity contribution in [3.63, 3.8) is 0 Å². The Kier molecular flexibility index (Phi) is 6.01. The van der Waals surface area contributed by atoms with Gasteiger partial charge in [-0.15, -0.1) is 0 Å². The number of amides is 1. The zero-order valence-electron chi connectivity index (χ0n) is 14.2. The maximum absolute atomic E-state index is 13.0. The van der Waals surface area contributed by atoms with E-state index in [4.69, 9.17) is 0 Å². The molecule has 0 aromatic heterocycles. The third-order valence-electron chi connectivity index (χ3n) is 4.92. The van der Waals surface area contributed by atoms with Gasteiger partial charge in [-0.05, 0) is 57.2 Å². The van der Waals surface area contributed by atoms with Crippen molar-refractivity contribution in [2.45, 2.75) is 38.6 Å². The smallest absolute Gasteiger partial charge is 0.254 e. The Balaban J connectivity index is 1.72. The van der Waals surface area contributed by atoms with Crippen LogP contribution in [0, 0.1) is 6.92 Å². The topological polar surface area (TPSA) is 23.6 Å². The lowest BCUT2D eigenvalue weighted by molar-refractivity contribution is 0.0645. The Morgan fingerprint density at radius 3 is 2.57 bits per heavy atom. The summed E-state index contributed by atoms with van der Waals surface area (Å²) in [6.07, 6.45) is 5.10. The minimum absolute atomic E-state index is 0.217.